The molecule has 0 atom stereocenters. The number of rotatable bonds is 5. The molecule has 11 heteroatoms. The van der Waals surface area contributed by atoms with Crippen molar-refractivity contribution in [1.82, 2.24) is 4.68 Å². The van der Waals surface area contributed by atoms with Crippen molar-refractivity contribution < 1.29 is 23.2 Å². The topological polar surface area (TPSA) is 91.2 Å². The Balaban J connectivity index is 1.68. The molecule has 1 aliphatic heterocycles. The third-order valence-electron chi connectivity index (χ3n) is 5.64. The normalized spacial score (nSPS) is 13.1. The van der Waals surface area contributed by atoms with E-state index in [0.717, 1.165) is 28.8 Å². The lowest BCUT2D eigenvalue weighted by Crippen LogP contribution is -2.12. The fraction of sp³-hybridized carbons (Fsp3) is 0.120. The molecule has 0 spiro atoms. The van der Waals surface area contributed by atoms with E-state index in [4.69, 9.17) is 9.47 Å². The molecule has 4 aromatic rings. The Morgan fingerprint density at radius 3 is 2.56 bits per heavy atom. The molecular weight excluding hydrogens is 490 g/mol. The van der Waals surface area contributed by atoms with Gasteiger partial charge < -0.3 is 9.47 Å². The second kappa shape index (κ2) is 9.34. The van der Waals surface area contributed by atoms with E-state index in [1.54, 1.807) is 5.38 Å². The number of aryl methyl sites for hydroxylation is 2. The minimum absolute atomic E-state index is 0.0322. The van der Waals surface area contributed by atoms with Crippen LogP contribution in [-0.2, 0) is 0 Å². The molecule has 0 saturated heterocycles. The number of fused-ring (bicyclic) bond motifs is 1. The van der Waals surface area contributed by atoms with Crippen LogP contribution in [0.5, 0.6) is 11.5 Å². The number of ether oxygens (including phenoxy) is 2. The van der Waals surface area contributed by atoms with Crippen molar-refractivity contribution in [3.8, 4) is 22.8 Å². The van der Waals surface area contributed by atoms with Crippen LogP contribution in [0.15, 0.2) is 64.0 Å². The van der Waals surface area contributed by atoms with Crippen LogP contribution in [-0.4, -0.2) is 22.6 Å². The molecule has 0 radical (unpaired) electrons. The zero-order chi connectivity index (χ0) is 25.4. The molecule has 0 bridgehead atoms. The van der Waals surface area contributed by atoms with Crippen LogP contribution in [0.25, 0.3) is 11.3 Å². The molecule has 0 fully saturated rings. The number of nitro groups is 1. The lowest BCUT2D eigenvalue weighted by Gasteiger charge is -2.07. The Morgan fingerprint density at radius 2 is 1.83 bits per heavy atom. The number of nitro benzene ring substituents is 1. The van der Waals surface area contributed by atoms with Gasteiger partial charge in [0.1, 0.15) is 11.5 Å². The van der Waals surface area contributed by atoms with Gasteiger partial charge in [0, 0.05) is 17.0 Å². The first-order valence-corrected chi connectivity index (χ1v) is 11.6. The Hall–Kier alpha value is -4.38. The second-order valence-corrected chi connectivity index (χ2v) is 8.82. The Bertz CT molecular complexity index is 1610. The van der Waals surface area contributed by atoms with Gasteiger partial charge in [0.25, 0.3) is 5.69 Å². The number of benzene rings is 3. The maximum atomic E-state index is 14.3. The minimum Gasteiger partial charge on any atom is -0.454 e. The van der Waals surface area contributed by atoms with Gasteiger partial charge in [0.05, 0.1) is 28.5 Å². The highest BCUT2D eigenvalue weighted by atomic mass is 32.1. The Kier molecular flexibility index (Phi) is 6.06. The molecule has 182 valence electrons. The standard InChI is InChI=1S/C25H18F2N4O4S/c1-14-3-4-16(7-15(14)2)22-12-36-25(29-20-6-5-18(26)9-19(20)27)30(22)28-11-17-8-23-24(35-13-34-23)10-21(17)31(32)33/h3-12H,13H2,1-2H3. The molecule has 0 unspecified atom stereocenters. The van der Waals surface area contributed by atoms with Crippen molar-refractivity contribution in [3.05, 3.63) is 97.2 Å². The molecule has 5 rings (SSSR count). The van der Waals surface area contributed by atoms with E-state index in [1.807, 2.05) is 32.0 Å². The Morgan fingerprint density at radius 1 is 1.06 bits per heavy atom. The molecule has 0 amide bonds. The van der Waals surface area contributed by atoms with Gasteiger partial charge in [-0.15, -0.1) is 11.3 Å². The van der Waals surface area contributed by atoms with Crippen LogP contribution in [0.4, 0.5) is 20.2 Å². The molecule has 2 heterocycles. The minimum atomic E-state index is -0.821. The monoisotopic (exact) mass is 508 g/mol. The summed E-state index contributed by atoms with van der Waals surface area (Å²) in [5, 5.41) is 18.0. The SMILES string of the molecule is Cc1ccc(-c2csc(=Nc3ccc(F)cc3F)n2N=Cc2cc3c(cc2[N+](=O)[O-])OCO3)cc1C. The molecule has 1 aromatic heterocycles. The van der Waals surface area contributed by atoms with Crippen LogP contribution < -0.4 is 14.3 Å². The lowest BCUT2D eigenvalue weighted by molar-refractivity contribution is -0.385. The molecule has 1 aliphatic rings. The van der Waals surface area contributed by atoms with Crippen molar-refractivity contribution in [2.24, 2.45) is 10.1 Å². The third kappa shape index (κ3) is 4.48. The summed E-state index contributed by atoms with van der Waals surface area (Å²) < 4.78 is 39.8. The first-order chi connectivity index (χ1) is 17.3. The van der Waals surface area contributed by atoms with Crippen molar-refractivity contribution in [2.45, 2.75) is 13.8 Å². The van der Waals surface area contributed by atoms with E-state index in [9.17, 15) is 18.9 Å². The van der Waals surface area contributed by atoms with Crippen LogP contribution in [0, 0.1) is 35.6 Å². The summed E-state index contributed by atoms with van der Waals surface area (Å²) in [5.41, 5.74) is 3.55. The van der Waals surface area contributed by atoms with Gasteiger partial charge in [-0.25, -0.2) is 18.4 Å². The van der Waals surface area contributed by atoms with Crippen molar-refractivity contribution in [3.63, 3.8) is 0 Å². The second-order valence-electron chi connectivity index (χ2n) is 7.99. The highest BCUT2D eigenvalue weighted by Crippen LogP contribution is 2.37. The quantitative estimate of drug-likeness (QED) is 0.192. The van der Waals surface area contributed by atoms with Gasteiger partial charge in [-0.3, -0.25) is 10.1 Å². The molecule has 36 heavy (non-hydrogen) atoms. The molecule has 8 nitrogen and oxygen atoms in total. The fourth-order valence-electron chi connectivity index (χ4n) is 3.59. The maximum Gasteiger partial charge on any atom is 0.282 e. The van der Waals surface area contributed by atoms with Crippen LogP contribution in [0.3, 0.4) is 0 Å². The van der Waals surface area contributed by atoms with E-state index in [0.29, 0.717) is 11.4 Å². The predicted molar refractivity (Wildman–Crippen MR) is 131 cm³/mol. The zero-order valence-electron chi connectivity index (χ0n) is 19.1. The zero-order valence-corrected chi connectivity index (χ0v) is 19.9. The van der Waals surface area contributed by atoms with Crippen molar-refractivity contribution >= 4 is 28.9 Å². The van der Waals surface area contributed by atoms with Gasteiger partial charge in [-0.05, 0) is 49.2 Å². The van der Waals surface area contributed by atoms with E-state index in [2.05, 4.69) is 10.1 Å². The van der Waals surface area contributed by atoms with Gasteiger partial charge >= 0.3 is 0 Å². The summed E-state index contributed by atoms with van der Waals surface area (Å²) in [7, 11) is 0. The number of hydrogen-bond donors (Lipinski definition) is 0. The molecule has 3 aromatic carbocycles. The summed E-state index contributed by atoms with van der Waals surface area (Å²) >= 11 is 1.20. The smallest absolute Gasteiger partial charge is 0.282 e. The molecular formula is C25H18F2N4O4S. The number of aromatic nitrogens is 1. The molecule has 0 aliphatic carbocycles. The summed E-state index contributed by atoms with van der Waals surface area (Å²) in [4.78, 5) is 15.8. The fourth-order valence-corrected chi connectivity index (χ4v) is 4.44. The summed E-state index contributed by atoms with van der Waals surface area (Å²) in [6.07, 6.45) is 1.32. The van der Waals surface area contributed by atoms with Crippen LogP contribution >= 0.6 is 11.3 Å². The summed E-state index contributed by atoms with van der Waals surface area (Å²) in [6.45, 7) is 3.94. The van der Waals surface area contributed by atoms with Gasteiger partial charge in [0.2, 0.25) is 11.6 Å². The number of nitrogens with zero attached hydrogens (tertiary/aromatic N) is 4. The van der Waals surface area contributed by atoms with E-state index >= 15 is 0 Å². The van der Waals surface area contributed by atoms with Crippen LogP contribution in [0.1, 0.15) is 16.7 Å². The largest absolute Gasteiger partial charge is 0.454 e. The number of thiazole rings is 1. The van der Waals surface area contributed by atoms with E-state index in [1.165, 1.54) is 40.4 Å². The average Bonchev–Trinajstić information content (AvgIpc) is 3.47. The first kappa shape index (κ1) is 23.4. The summed E-state index contributed by atoms with van der Waals surface area (Å²) in [5.74, 6) is -0.891. The van der Waals surface area contributed by atoms with Crippen LogP contribution in [0.2, 0.25) is 0 Å². The Labute approximate surface area is 207 Å². The van der Waals surface area contributed by atoms with Crippen molar-refractivity contribution in [1.29, 1.82) is 0 Å². The molecule has 0 N–H and O–H groups in total. The van der Waals surface area contributed by atoms with E-state index in [-0.39, 0.29) is 34.3 Å². The average molecular weight is 509 g/mol. The van der Waals surface area contributed by atoms with Gasteiger partial charge in [-0.1, -0.05) is 12.1 Å². The number of halogens is 2. The first-order valence-electron chi connectivity index (χ1n) is 10.7. The number of hydrogen-bond acceptors (Lipinski definition) is 7. The summed E-state index contributed by atoms with van der Waals surface area (Å²) in [6, 6.07) is 11.7. The predicted octanol–water partition coefficient (Wildman–Crippen LogP) is 5.86. The highest BCUT2D eigenvalue weighted by Gasteiger charge is 2.22. The maximum absolute atomic E-state index is 14.3. The highest BCUT2D eigenvalue weighted by molar-refractivity contribution is 7.07. The third-order valence-corrected chi connectivity index (χ3v) is 6.46. The molecule has 0 saturated carbocycles. The van der Waals surface area contributed by atoms with Crippen molar-refractivity contribution in [2.75, 3.05) is 6.79 Å². The van der Waals surface area contributed by atoms with Gasteiger partial charge in [0.15, 0.2) is 17.3 Å². The lowest BCUT2D eigenvalue weighted by atomic mass is 10.1. The van der Waals surface area contributed by atoms with E-state index < -0.39 is 16.6 Å². The van der Waals surface area contributed by atoms with Gasteiger partial charge in [-0.2, -0.15) is 5.10 Å².